The molecule has 1 atom stereocenters. The summed E-state index contributed by atoms with van der Waals surface area (Å²) in [5.74, 6) is -1.65. The first-order chi connectivity index (χ1) is 9.75. The molecule has 1 rings (SSSR count). The summed E-state index contributed by atoms with van der Waals surface area (Å²) in [4.78, 5) is 12.3. The zero-order valence-electron chi connectivity index (χ0n) is 12.2. The van der Waals surface area contributed by atoms with Crippen LogP contribution >= 0.6 is 0 Å². The third-order valence-corrected chi connectivity index (χ3v) is 4.15. The number of carboxylic acids is 1. The average molecular weight is 316 g/mol. The number of ether oxygens (including phenoxy) is 1. The van der Waals surface area contributed by atoms with E-state index >= 15 is 0 Å². The van der Waals surface area contributed by atoms with Crippen molar-refractivity contribution in [2.75, 3.05) is 33.5 Å². The van der Waals surface area contributed by atoms with Crippen LogP contribution in [0.25, 0.3) is 0 Å². The van der Waals surface area contributed by atoms with E-state index in [0.29, 0.717) is 5.75 Å². The van der Waals surface area contributed by atoms with Gasteiger partial charge < -0.3 is 14.7 Å². The van der Waals surface area contributed by atoms with Crippen molar-refractivity contribution in [2.24, 2.45) is 0 Å². The standard InChI is InChI=1S/C13H20N2O5S/c1-15(2)12(8-14-21(18,19)9-13(16)17)10-5-4-6-11(7-10)20-3/h4-7,12,14H,8-9H2,1-3H3,(H,16,17). The number of benzene rings is 1. The molecule has 0 saturated carbocycles. The van der Waals surface area contributed by atoms with Crippen LogP contribution in [0.2, 0.25) is 0 Å². The van der Waals surface area contributed by atoms with Crippen molar-refractivity contribution in [3.63, 3.8) is 0 Å². The highest BCUT2D eigenvalue weighted by Gasteiger charge is 2.20. The molecule has 0 radical (unpaired) electrons. The molecule has 0 aliphatic heterocycles. The SMILES string of the molecule is COc1cccc(C(CNS(=O)(=O)CC(=O)O)N(C)C)c1. The molecule has 1 aromatic rings. The number of likely N-dealkylation sites (N-methyl/N-ethyl adjacent to an activating group) is 1. The lowest BCUT2D eigenvalue weighted by Gasteiger charge is -2.25. The fraction of sp³-hybridized carbons (Fsp3) is 0.462. The summed E-state index contributed by atoms with van der Waals surface area (Å²) in [6.07, 6.45) is 0. The molecule has 1 aromatic carbocycles. The molecule has 7 nitrogen and oxygen atoms in total. The molecule has 0 heterocycles. The van der Waals surface area contributed by atoms with Gasteiger partial charge in [-0.1, -0.05) is 12.1 Å². The predicted octanol–water partition coefficient (Wildman–Crippen LogP) is 0.302. The fourth-order valence-corrected chi connectivity index (χ4v) is 2.71. The van der Waals surface area contributed by atoms with Gasteiger partial charge in [0.25, 0.3) is 0 Å². The molecular formula is C13H20N2O5S. The molecule has 0 aliphatic carbocycles. The van der Waals surface area contributed by atoms with Gasteiger partial charge >= 0.3 is 5.97 Å². The van der Waals surface area contributed by atoms with E-state index < -0.39 is 21.7 Å². The van der Waals surface area contributed by atoms with E-state index in [1.54, 1.807) is 13.2 Å². The summed E-state index contributed by atoms with van der Waals surface area (Å²) in [6, 6.07) is 7.06. The normalized spacial score (nSPS) is 13.1. The van der Waals surface area contributed by atoms with Gasteiger partial charge in [0.2, 0.25) is 10.0 Å². The largest absolute Gasteiger partial charge is 0.497 e. The highest BCUT2D eigenvalue weighted by atomic mass is 32.2. The molecule has 0 spiro atoms. The van der Waals surface area contributed by atoms with Gasteiger partial charge in [-0.25, -0.2) is 13.1 Å². The van der Waals surface area contributed by atoms with Crippen LogP contribution in [0.4, 0.5) is 0 Å². The second-order valence-corrected chi connectivity index (χ2v) is 6.56. The smallest absolute Gasteiger partial charge is 0.320 e. The lowest BCUT2D eigenvalue weighted by Crippen LogP contribution is -2.37. The minimum Gasteiger partial charge on any atom is -0.497 e. The van der Waals surface area contributed by atoms with Crippen LogP contribution < -0.4 is 9.46 Å². The maximum Gasteiger partial charge on any atom is 0.320 e. The zero-order chi connectivity index (χ0) is 16.0. The van der Waals surface area contributed by atoms with E-state index in [0.717, 1.165) is 5.56 Å². The van der Waals surface area contributed by atoms with Crippen LogP contribution in [-0.2, 0) is 14.8 Å². The number of nitrogens with zero attached hydrogens (tertiary/aromatic N) is 1. The minimum absolute atomic E-state index is 0.0791. The first-order valence-corrected chi connectivity index (χ1v) is 7.90. The second-order valence-electron chi connectivity index (χ2n) is 4.76. The van der Waals surface area contributed by atoms with E-state index in [4.69, 9.17) is 9.84 Å². The third-order valence-electron chi connectivity index (χ3n) is 2.91. The summed E-state index contributed by atoms with van der Waals surface area (Å²) in [7, 11) is 1.34. The Morgan fingerprint density at radius 1 is 1.43 bits per heavy atom. The predicted molar refractivity (Wildman–Crippen MR) is 78.8 cm³/mol. The van der Waals surface area contributed by atoms with Crippen molar-refractivity contribution >= 4 is 16.0 Å². The third kappa shape index (κ3) is 5.70. The zero-order valence-corrected chi connectivity index (χ0v) is 13.1. The molecule has 0 aromatic heterocycles. The van der Waals surface area contributed by atoms with Crippen molar-refractivity contribution in [1.29, 1.82) is 0 Å². The van der Waals surface area contributed by atoms with Crippen molar-refractivity contribution in [3.8, 4) is 5.75 Å². The van der Waals surface area contributed by atoms with Gasteiger partial charge in [0.05, 0.1) is 7.11 Å². The Labute approximate surface area is 124 Å². The maximum atomic E-state index is 11.6. The molecule has 0 amide bonds. The Hall–Kier alpha value is -1.64. The quantitative estimate of drug-likeness (QED) is 0.716. The molecule has 21 heavy (non-hydrogen) atoms. The number of hydrogen-bond acceptors (Lipinski definition) is 5. The van der Waals surface area contributed by atoms with Gasteiger partial charge in [0, 0.05) is 12.6 Å². The van der Waals surface area contributed by atoms with E-state index in [1.165, 1.54) is 0 Å². The fourth-order valence-electron chi connectivity index (χ4n) is 1.87. The Kier molecular flexibility index (Phi) is 6.13. The molecule has 8 heteroatoms. The molecule has 0 bridgehead atoms. The van der Waals surface area contributed by atoms with Gasteiger partial charge in [-0.05, 0) is 31.8 Å². The van der Waals surface area contributed by atoms with Crippen LogP contribution in [0.3, 0.4) is 0 Å². The van der Waals surface area contributed by atoms with Crippen LogP contribution in [0, 0.1) is 0 Å². The monoisotopic (exact) mass is 316 g/mol. The number of hydrogen-bond donors (Lipinski definition) is 2. The van der Waals surface area contributed by atoms with Crippen LogP contribution in [0.5, 0.6) is 5.75 Å². The molecule has 2 N–H and O–H groups in total. The van der Waals surface area contributed by atoms with E-state index in [1.807, 2.05) is 37.2 Å². The summed E-state index contributed by atoms with van der Waals surface area (Å²) in [5.41, 5.74) is 0.873. The number of rotatable bonds is 8. The number of sulfonamides is 1. The number of nitrogens with one attached hydrogen (secondary N) is 1. The summed E-state index contributed by atoms with van der Waals surface area (Å²) < 4.78 is 30.6. The lowest BCUT2D eigenvalue weighted by molar-refractivity contribution is -0.134. The highest BCUT2D eigenvalue weighted by Crippen LogP contribution is 2.22. The van der Waals surface area contributed by atoms with Gasteiger partial charge in [0.15, 0.2) is 5.75 Å². The average Bonchev–Trinajstić information content (AvgIpc) is 2.37. The molecule has 0 aliphatic rings. The number of methoxy groups -OCH3 is 1. The minimum atomic E-state index is -3.84. The van der Waals surface area contributed by atoms with Crippen LogP contribution in [0.1, 0.15) is 11.6 Å². The van der Waals surface area contributed by atoms with Crippen molar-refractivity contribution < 1.29 is 23.1 Å². The second kappa shape index (κ2) is 7.39. The Morgan fingerprint density at radius 2 is 2.10 bits per heavy atom. The molecule has 0 fully saturated rings. The first-order valence-electron chi connectivity index (χ1n) is 6.24. The number of carbonyl (C=O) groups is 1. The molecule has 118 valence electrons. The molecule has 1 unspecified atom stereocenters. The van der Waals surface area contributed by atoms with Crippen LogP contribution in [-0.4, -0.2) is 57.9 Å². The van der Waals surface area contributed by atoms with Gasteiger partial charge in [-0.15, -0.1) is 0 Å². The Balaban J connectivity index is 2.86. The van der Waals surface area contributed by atoms with Gasteiger partial charge in [0.1, 0.15) is 5.75 Å². The van der Waals surface area contributed by atoms with E-state index in [2.05, 4.69) is 4.72 Å². The topological polar surface area (TPSA) is 95.9 Å². The van der Waals surface area contributed by atoms with Gasteiger partial charge in [-0.3, -0.25) is 4.79 Å². The van der Waals surface area contributed by atoms with Crippen LogP contribution in [0.15, 0.2) is 24.3 Å². The number of aliphatic carboxylic acids is 1. The highest BCUT2D eigenvalue weighted by molar-refractivity contribution is 7.90. The number of carboxylic acid groups (broad SMARTS) is 1. The molecule has 0 saturated heterocycles. The molecular weight excluding hydrogens is 296 g/mol. The lowest BCUT2D eigenvalue weighted by atomic mass is 10.1. The Bertz CT molecular complexity index is 586. The Morgan fingerprint density at radius 3 is 2.62 bits per heavy atom. The summed E-state index contributed by atoms with van der Waals surface area (Å²) in [5, 5.41) is 8.56. The maximum absolute atomic E-state index is 11.6. The van der Waals surface area contributed by atoms with Crippen molar-refractivity contribution in [1.82, 2.24) is 9.62 Å². The van der Waals surface area contributed by atoms with Crippen molar-refractivity contribution in [3.05, 3.63) is 29.8 Å². The first kappa shape index (κ1) is 17.4. The summed E-state index contributed by atoms with van der Waals surface area (Å²) in [6.45, 7) is 0.0791. The van der Waals surface area contributed by atoms with E-state index in [9.17, 15) is 13.2 Å². The van der Waals surface area contributed by atoms with Gasteiger partial charge in [-0.2, -0.15) is 0 Å². The van der Waals surface area contributed by atoms with Crippen molar-refractivity contribution in [2.45, 2.75) is 6.04 Å². The van der Waals surface area contributed by atoms with E-state index in [-0.39, 0.29) is 12.6 Å². The summed E-state index contributed by atoms with van der Waals surface area (Å²) >= 11 is 0.